The molecule has 1 aliphatic carbocycles. The molecule has 0 spiro atoms. The van der Waals surface area contributed by atoms with Crippen molar-refractivity contribution in [3.63, 3.8) is 0 Å². The zero-order valence-corrected chi connectivity index (χ0v) is 13.1. The largest absolute Gasteiger partial charge is 0.328 e. The highest BCUT2D eigenvalue weighted by molar-refractivity contribution is 5.26. The van der Waals surface area contributed by atoms with Crippen molar-refractivity contribution in [3.05, 3.63) is 35.4 Å². The van der Waals surface area contributed by atoms with Crippen LogP contribution in [0.25, 0.3) is 0 Å². The van der Waals surface area contributed by atoms with Gasteiger partial charge in [0.1, 0.15) is 0 Å². The van der Waals surface area contributed by atoms with Gasteiger partial charge < -0.3 is 5.73 Å². The van der Waals surface area contributed by atoms with E-state index < -0.39 is 0 Å². The molecule has 2 N–H and O–H groups in total. The molecule has 0 radical (unpaired) electrons. The Morgan fingerprint density at radius 2 is 1.65 bits per heavy atom. The highest BCUT2D eigenvalue weighted by atomic mass is 14.6. The molecule has 1 aromatic rings. The van der Waals surface area contributed by atoms with Crippen molar-refractivity contribution in [2.24, 2.45) is 5.73 Å². The number of aryl methyl sites for hydroxylation is 1. The lowest BCUT2D eigenvalue weighted by molar-refractivity contribution is 0.607. The van der Waals surface area contributed by atoms with Crippen molar-refractivity contribution >= 4 is 0 Å². The summed E-state index contributed by atoms with van der Waals surface area (Å²) in [4.78, 5) is 0. The van der Waals surface area contributed by atoms with Crippen LogP contribution in [-0.4, -0.2) is 6.04 Å². The number of hydrogen-bond donors (Lipinski definition) is 1. The zero-order valence-electron chi connectivity index (χ0n) is 13.1. The second-order valence-electron chi connectivity index (χ2n) is 6.53. The first-order chi connectivity index (χ1) is 9.79. The molecule has 0 saturated heterocycles. The Balaban J connectivity index is 1.69. The van der Waals surface area contributed by atoms with E-state index >= 15 is 0 Å². The predicted molar refractivity (Wildman–Crippen MR) is 88.1 cm³/mol. The Labute approximate surface area is 125 Å². The Bertz CT molecular complexity index is 368. The first-order valence-electron chi connectivity index (χ1n) is 8.64. The average molecular weight is 273 g/mol. The highest BCUT2D eigenvalue weighted by Gasteiger charge is 2.22. The molecule has 0 bridgehead atoms. The second kappa shape index (κ2) is 8.46. The van der Waals surface area contributed by atoms with E-state index in [1.54, 1.807) is 0 Å². The molecule has 1 aromatic carbocycles. The normalized spacial score (nSPS) is 22.3. The Morgan fingerprint density at radius 3 is 2.30 bits per heavy atom. The van der Waals surface area contributed by atoms with Gasteiger partial charge in [-0.05, 0) is 49.1 Å². The fraction of sp³-hybridized carbons (Fsp3) is 0.684. The Kier molecular flexibility index (Phi) is 6.59. The van der Waals surface area contributed by atoms with E-state index in [0.29, 0.717) is 12.0 Å². The van der Waals surface area contributed by atoms with Crippen LogP contribution in [0, 0.1) is 0 Å². The summed E-state index contributed by atoms with van der Waals surface area (Å²) in [6.45, 7) is 2.28. The van der Waals surface area contributed by atoms with E-state index in [9.17, 15) is 0 Å². The smallest absolute Gasteiger partial charge is 0.00448 e. The van der Waals surface area contributed by atoms with Gasteiger partial charge in [0.15, 0.2) is 0 Å². The summed E-state index contributed by atoms with van der Waals surface area (Å²) in [5.74, 6) is 0.716. The summed E-state index contributed by atoms with van der Waals surface area (Å²) >= 11 is 0. The molecule has 2 atom stereocenters. The van der Waals surface area contributed by atoms with Crippen LogP contribution in [0.4, 0.5) is 0 Å². The van der Waals surface area contributed by atoms with Gasteiger partial charge in [-0.3, -0.25) is 0 Å². The van der Waals surface area contributed by atoms with E-state index in [0.717, 1.165) is 0 Å². The summed E-state index contributed by atoms with van der Waals surface area (Å²) < 4.78 is 0. The number of nitrogens with two attached hydrogens (primary N) is 1. The lowest BCUT2D eigenvalue weighted by Crippen LogP contribution is -2.14. The van der Waals surface area contributed by atoms with Gasteiger partial charge in [-0.15, -0.1) is 0 Å². The summed E-state index contributed by atoms with van der Waals surface area (Å²) in [5.41, 5.74) is 9.02. The molecule has 2 rings (SSSR count). The number of hydrogen-bond acceptors (Lipinski definition) is 1. The summed E-state index contributed by atoms with van der Waals surface area (Å²) in [6.07, 6.45) is 13.2. The van der Waals surface area contributed by atoms with Crippen molar-refractivity contribution in [3.8, 4) is 0 Å². The molecule has 0 heterocycles. The molecule has 1 saturated carbocycles. The minimum atomic E-state index is 0.433. The quantitative estimate of drug-likeness (QED) is 0.648. The molecular formula is C19H31N. The van der Waals surface area contributed by atoms with E-state index in [2.05, 4.69) is 31.2 Å². The molecule has 1 fully saturated rings. The van der Waals surface area contributed by atoms with Crippen molar-refractivity contribution in [1.82, 2.24) is 0 Å². The maximum Gasteiger partial charge on any atom is 0.00448 e. The van der Waals surface area contributed by atoms with E-state index in [-0.39, 0.29) is 0 Å². The van der Waals surface area contributed by atoms with Crippen LogP contribution in [-0.2, 0) is 6.42 Å². The van der Waals surface area contributed by atoms with Crippen LogP contribution in [0.5, 0.6) is 0 Å². The standard InChI is InChI=1S/C19H31N/c1-2-3-4-5-6-7-8-16-9-11-17(12-10-16)18-13-14-19(20)15-18/h9-12,18-19H,2-8,13-15,20H2,1H3. The van der Waals surface area contributed by atoms with Crippen LogP contribution in [0.1, 0.15) is 81.8 Å². The van der Waals surface area contributed by atoms with Crippen LogP contribution >= 0.6 is 0 Å². The van der Waals surface area contributed by atoms with Gasteiger partial charge in [-0.25, -0.2) is 0 Å². The van der Waals surface area contributed by atoms with Crippen LogP contribution in [0.2, 0.25) is 0 Å². The average Bonchev–Trinajstić information content (AvgIpc) is 2.90. The molecule has 2 unspecified atom stereocenters. The minimum Gasteiger partial charge on any atom is -0.328 e. The van der Waals surface area contributed by atoms with Crippen molar-refractivity contribution in [2.75, 3.05) is 0 Å². The summed E-state index contributed by atoms with van der Waals surface area (Å²) in [5, 5.41) is 0. The van der Waals surface area contributed by atoms with Gasteiger partial charge >= 0.3 is 0 Å². The van der Waals surface area contributed by atoms with Crippen molar-refractivity contribution < 1.29 is 0 Å². The van der Waals surface area contributed by atoms with Gasteiger partial charge in [0.05, 0.1) is 0 Å². The van der Waals surface area contributed by atoms with Crippen molar-refractivity contribution in [2.45, 2.75) is 83.1 Å². The predicted octanol–water partition coefficient (Wildman–Crippen LogP) is 5.18. The van der Waals surface area contributed by atoms with Crippen LogP contribution in [0.15, 0.2) is 24.3 Å². The molecule has 20 heavy (non-hydrogen) atoms. The zero-order chi connectivity index (χ0) is 14.2. The Hall–Kier alpha value is -0.820. The first kappa shape index (κ1) is 15.6. The van der Waals surface area contributed by atoms with E-state index in [1.165, 1.54) is 75.3 Å². The third-order valence-corrected chi connectivity index (χ3v) is 4.74. The molecule has 0 aromatic heterocycles. The van der Waals surface area contributed by atoms with Gasteiger partial charge in [-0.1, -0.05) is 63.3 Å². The topological polar surface area (TPSA) is 26.0 Å². The molecule has 0 amide bonds. The maximum atomic E-state index is 6.01. The highest BCUT2D eigenvalue weighted by Crippen LogP contribution is 2.33. The lowest BCUT2D eigenvalue weighted by atomic mass is 9.95. The fourth-order valence-corrected chi connectivity index (χ4v) is 3.39. The maximum absolute atomic E-state index is 6.01. The van der Waals surface area contributed by atoms with Gasteiger partial charge in [-0.2, -0.15) is 0 Å². The summed E-state index contributed by atoms with van der Waals surface area (Å²) in [6, 6.07) is 9.79. The lowest BCUT2D eigenvalue weighted by Gasteiger charge is -2.11. The van der Waals surface area contributed by atoms with Crippen LogP contribution < -0.4 is 5.73 Å². The Morgan fingerprint density at radius 1 is 0.950 bits per heavy atom. The molecular weight excluding hydrogens is 242 g/mol. The first-order valence-corrected chi connectivity index (χ1v) is 8.64. The number of rotatable bonds is 8. The third kappa shape index (κ3) is 4.94. The fourth-order valence-electron chi connectivity index (χ4n) is 3.39. The van der Waals surface area contributed by atoms with Gasteiger partial charge in [0, 0.05) is 6.04 Å². The van der Waals surface area contributed by atoms with Gasteiger partial charge in [0.25, 0.3) is 0 Å². The molecule has 112 valence electrons. The summed E-state index contributed by atoms with van der Waals surface area (Å²) in [7, 11) is 0. The van der Waals surface area contributed by atoms with E-state index in [1.807, 2.05) is 0 Å². The van der Waals surface area contributed by atoms with Crippen molar-refractivity contribution in [1.29, 1.82) is 0 Å². The second-order valence-corrected chi connectivity index (χ2v) is 6.53. The third-order valence-electron chi connectivity index (χ3n) is 4.74. The molecule has 1 heteroatoms. The molecule has 1 nitrogen and oxygen atoms in total. The minimum absolute atomic E-state index is 0.433. The van der Waals surface area contributed by atoms with Gasteiger partial charge in [0.2, 0.25) is 0 Å². The number of benzene rings is 1. The molecule has 1 aliphatic rings. The van der Waals surface area contributed by atoms with E-state index in [4.69, 9.17) is 5.73 Å². The number of unbranched alkanes of at least 4 members (excludes halogenated alkanes) is 5. The SMILES string of the molecule is CCCCCCCCc1ccc(C2CCC(N)C2)cc1. The van der Waals surface area contributed by atoms with Crippen LogP contribution in [0.3, 0.4) is 0 Å². The monoisotopic (exact) mass is 273 g/mol. The molecule has 0 aliphatic heterocycles.